The van der Waals surface area contributed by atoms with Gasteiger partial charge in [0.1, 0.15) is 17.7 Å². The number of nitrogens with zero attached hydrogens (tertiary/aromatic N) is 4. The number of benzene rings is 3. The first kappa shape index (κ1) is 21.0. The van der Waals surface area contributed by atoms with Gasteiger partial charge >= 0.3 is 0 Å². The zero-order valence-corrected chi connectivity index (χ0v) is 19.7. The van der Waals surface area contributed by atoms with Crippen LogP contribution in [-0.2, 0) is 13.5 Å². The fourth-order valence-corrected chi connectivity index (χ4v) is 5.34. The van der Waals surface area contributed by atoms with Gasteiger partial charge in [0, 0.05) is 11.1 Å². The number of fused-ring (bicyclic) bond motifs is 1. The quantitative estimate of drug-likeness (QED) is 0.358. The summed E-state index contributed by atoms with van der Waals surface area (Å²) in [5.74, 6) is 1.93. The molecule has 0 saturated heterocycles. The molecule has 1 aromatic heterocycles. The van der Waals surface area contributed by atoms with Crippen LogP contribution in [0.4, 0.5) is 4.39 Å². The van der Waals surface area contributed by atoms with Gasteiger partial charge in [-0.05, 0) is 114 Å². The SMILES string of the molecule is Cc1cc(-c2nnn(C)n2)cc(C)c1-c1ccc(F)c2c1CCC2Oc1ccc(C2CC2)cc1. The Kier molecular flexibility index (Phi) is 4.97. The van der Waals surface area contributed by atoms with Gasteiger partial charge in [-0.25, -0.2) is 4.39 Å². The van der Waals surface area contributed by atoms with Crippen molar-refractivity contribution in [3.63, 3.8) is 0 Å². The molecule has 34 heavy (non-hydrogen) atoms. The van der Waals surface area contributed by atoms with Crippen molar-refractivity contribution >= 4 is 0 Å². The van der Waals surface area contributed by atoms with Crippen LogP contribution in [0.15, 0.2) is 48.5 Å². The highest BCUT2D eigenvalue weighted by Gasteiger charge is 2.31. The van der Waals surface area contributed by atoms with Gasteiger partial charge in [0.25, 0.3) is 0 Å². The van der Waals surface area contributed by atoms with E-state index >= 15 is 4.39 Å². The second kappa shape index (κ2) is 8.05. The summed E-state index contributed by atoms with van der Waals surface area (Å²) < 4.78 is 21.4. The average molecular weight is 455 g/mol. The van der Waals surface area contributed by atoms with Crippen molar-refractivity contribution in [2.45, 2.75) is 51.6 Å². The Labute approximate surface area is 198 Å². The number of hydrogen-bond acceptors (Lipinski definition) is 4. The van der Waals surface area contributed by atoms with Crippen molar-refractivity contribution in [1.82, 2.24) is 20.2 Å². The number of ether oxygens (including phenoxy) is 1. The maximum absolute atomic E-state index is 15.1. The van der Waals surface area contributed by atoms with Gasteiger partial charge in [-0.15, -0.1) is 10.2 Å². The molecular weight excluding hydrogens is 427 g/mol. The fourth-order valence-electron chi connectivity index (χ4n) is 5.34. The van der Waals surface area contributed by atoms with Crippen molar-refractivity contribution in [2.24, 2.45) is 7.05 Å². The van der Waals surface area contributed by atoms with Crippen molar-refractivity contribution in [3.8, 4) is 28.3 Å². The third kappa shape index (κ3) is 3.67. The molecule has 0 N–H and O–H groups in total. The molecule has 6 rings (SSSR count). The first-order chi connectivity index (χ1) is 16.5. The zero-order chi connectivity index (χ0) is 23.4. The Hall–Kier alpha value is -3.54. The number of hydrogen-bond donors (Lipinski definition) is 0. The molecule has 0 amide bonds. The summed E-state index contributed by atoms with van der Waals surface area (Å²) in [4.78, 5) is 1.46. The minimum absolute atomic E-state index is 0.188. The molecule has 1 saturated carbocycles. The third-order valence-corrected chi connectivity index (χ3v) is 7.06. The summed E-state index contributed by atoms with van der Waals surface area (Å²) in [5.41, 5.74) is 8.49. The Morgan fingerprint density at radius 2 is 1.71 bits per heavy atom. The normalized spacial score (nSPS) is 17.1. The van der Waals surface area contributed by atoms with E-state index in [0.717, 1.165) is 52.0 Å². The Morgan fingerprint density at radius 3 is 2.35 bits per heavy atom. The minimum Gasteiger partial charge on any atom is -0.486 e. The van der Waals surface area contributed by atoms with Crippen molar-refractivity contribution in [1.29, 1.82) is 0 Å². The molecular formula is C28H27FN4O. The predicted octanol–water partition coefficient (Wildman–Crippen LogP) is 6.24. The standard InChI is InChI=1S/C28H27FN4O/c1-16-14-20(28-30-32-33(3)31-28)15-17(2)26(16)22-10-12-24(29)27-23(22)11-13-25(27)34-21-8-6-19(7-9-21)18-4-5-18/h6-10,12,14-15,18,25H,4-5,11,13H2,1-3H3. The van der Waals surface area contributed by atoms with Crippen LogP contribution in [0.2, 0.25) is 0 Å². The highest BCUT2D eigenvalue weighted by molar-refractivity contribution is 5.78. The smallest absolute Gasteiger partial charge is 0.204 e. The highest BCUT2D eigenvalue weighted by Crippen LogP contribution is 2.44. The summed E-state index contributed by atoms with van der Waals surface area (Å²) in [7, 11) is 1.76. The summed E-state index contributed by atoms with van der Waals surface area (Å²) in [6, 6.07) is 16.0. The predicted molar refractivity (Wildman–Crippen MR) is 129 cm³/mol. The van der Waals surface area contributed by atoms with Gasteiger partial charge in [-0.1, -0.05) is 18.2 Å². The molecule has 4 aromatic rings. The Morgan fingerprint density at radius 1 is 0.971 bits per heavy atom. The molecule has 1 fully saturated rings. The molecule has 3 aromatic carbocycles. The van der Waals surface area contributed by atoms with Crippen molar-refractivity contribution in [3.05, 3.63) is 82.2 Å². The summed E-state index contributed by atoms with van der Waals surface area (Å²) in [6.07, 6.45) is 3.84. The van der Waals surface area contributed by atoms with Crippen LogP contribution in [0.3, 0.4) is 0 Å². The Balaban J connectivity index is 1.34. The van der Waals surface area contributed by atoms with E-state index in [2.05, 4.69) is 53.5 Å². The maximum Gasteiger partial charge on any atom is 0.204 e. The van der Waals surface area contributed by atoms with Gasteiger partial charge in [-0.3, -0.25) is 0 Å². The lowest BCUT2D eigenvalue weighted by atomic mass is 9.89. The monoisotopic (exact) mass is 454 g/mol. The molecule has 0 aliphatic heterocycles. The van der Waals surface area contributed by atoms with Crippen LogP contribution in [-0.4, -0.2) is 20.2 Å². The lowest BCUT2D eigenvalue weighted by Crippen LogP contribution is -2.06. The van der Waals surface area contributed by atoms with Gasteiger partial charge in [-0.2, -0.15) is 4.80 Å². The van der Waals surface area contributed by atoms with E-state index in [4.69, 9.17) is 4.74 Å². The van der Waals surface area contributed by atoms with E-state index in [1.54, 1.807) is 13.1 Å². The van der Waals surface area contributed by atoms with E-state index in [1.165, 1.54) is 23.2 Å². The number of aromatic nitrogens is 4. The first-order valence-corrected chi connectivity index (χ1v) is 11.9. The molecule has 5 nitrogen and oxygen atoms in total. The second-order valence-corrected chi connectivity index (χ2v) is 9.56. The van der Waals surface area contributed by atoms with Crippen LogP contribution >= 0.6 is 0 Å². The summed E-state index contributed by atoms with van der Waals surface area (Å²) in [6.45, 7) is 4.17. The molecule has 6 heteroatoms. The van der Waals surface area contributed by atoms with E-state index in [0.29, 0.717) is 17.3 Å². The summed E-state index contributed by atoms with van der Waals surface area (Å²) >= 11 is 0. The van der Waals surface area contributed by atoms with Gasteiger partial charge in [0.15, 0.2) is 0 Å². The number of rotatable bonds is 5. The molecule has 2 aliphatic rings. The van der Waals surface area contributed by atoms with Crippen LogP contribution in [0.5, 0.6) is 5.75 Å². The first-order valence-electron chi connectivity index (χ1n) is 11.9. The largest absolute Gasteiger partial charge is 0.486 e. The lowest BCUT2D eigenvalue weighted by Gasteiger charge is -2.19. The zero-order valence-electron chi connectivity index (χ0n) is 19.7. The van der Waals surface area contributed by atoms with Crippen molar-refractivity contribution < 1.29 is 9.13 Å². The summed E-state index contributed by atoms with van der Waals surface area (Å²) in [5, 5.41) is 12.4. The molecule has 0 bridgehead atoms. The fraction of sp³-hybridized carbons (Fsp3) is 0.321. The van der Waals surface area contributed by atoms with Crippen LogP contribution in [0.1, 0.15) is 59.1 Å². The third-order valence-electron chi connectivity index (χ3n) is 7.06. The van der Waals surface area contributed by atoms with Crippen LogP contribution in [0, 0.1) is 19.7 Å². The van der Waals surface area contributed by atoms with E-state index in [-0.39, 0.29) is 11.9 Å². The van der Waals surface area contributed by atoms with E-state index in [9.17, 15) is 0 Å². The van der Waals surface area contributed by atoms with E-state index in [1.807, 2.05) is 18.2 Å². The van der Waals surface area contributed by atoms with Crippen LogP contribution in [0.25, 0.3) is 22.5 Å². The number of aryl methyl sites for hydroxylation is 3. The lowest BCUT2D eigenvalue weighted by molar-refractivity contribution is 0.203. The van der Waals surface area contributed by atoms with Crippen LogP contribution < -0.4 is 4.74 Å². The van der Waals surface area contributed by atoms with Gasteiger partial charge < -0.3 is 4.74 Å². The van der Waals surface area contributed by atoms with E-state index < -0.39 is 0 Å². The number of halogens is 1. The molecule has 1 unspecified atom stereocenters. The molecule has 2 aliphatic carbocycles. The molecule has 172 valence electrons. The second-order valence-electron chi connectivity index (χ2n) is 9.56. The average Bonchev–Trinajstić information content (AvgIpc) is 3.44. The number of tetrazole rings is 1. The van der Waals surface area contributed by atoms with Gasteiger partial charge in [0.05, 0.1) is 7.05 Å². The molecule has 0 radical (unpaired) electrons. The van der Waals surface area contributed by atoms with Gasteiger partial charge in [0.2, 0.25) is 5.82 Å². The molecule has 1 heterocycles. The topological polar surface area (TPSA) is 52.8 Å². The Bertz CT molecular complexity index is 1370. The minimum atomic E-state index is -0.273. The molecule has 1 atom stereocenters. The highest BCUT2D eigenvalue weighted by atomic mass is 19.1. The maximum atomic E-state index is 15.1. The molecule has 0 spiro atoms. The van der Waals surface area contributed by atoms with Crippen molar-refractivity contribution in [2.75, 3.05) is 0 Å².